The lowest BCUT2D eigenvalue weighted by molar-refractivity contribution is -0.139. The van der Waals surface area contributed by atoms with Crippen LogP contribution in [0.1, 0.15) is 13.8 Å². The molecule has 16 heavy (non-hydrogen) atoms. The fourth-order valence-electron chi connectivity index (χ4n) is 2.07. The van der Waals surface area contributed by atoms with Gasteiger partial charge in [-0.05, 0) is 26.0 Å². The minimum absolute atomic E-state index is 0.199. The van der Waals surface area contributed by atoms with Crippen LogP contribution in [0.25, 0.3) is 0 Å². The molecular weight excluding hydrogens is 202 g/mol. The Morgan fingerprint density at radius 1 is 1.19 bits per heavy atom. The summed E-state index contributed by atoms with van der Waals surface area (Å²) in [7, 11) is 0. The molecule has 0 atom stereocenters. The van der Waals surface area contributed by atoms with Gasteiger partial charge in [-0.3, -0.25) is 4.79 Å². The maximum absolute atomic E-state index is 12.4. The molecule has 0 bridgehead atoms. The van der Waals surface area contributed by atoms with Gasteiger partial charge >= 0.3 is 0 Å². The van der Waals surface area contributed by atoms with Gasteiger partial charge in [0.2, 0.25) is 5.91 Å². The highest BCUT2D eigenvalue weighted by Crippen LogP contribution is 2.19. The van der Waals surface area contributed by atoms with Crippen molar-refractivity contribution in [3.63, 3.8) is 0 Å². The zero-order chi connectivity index (χ0) is 11.6. The van der Waals surface area contributed by atoms with E-state index in [1.165, 1.54) is 0 Å². The lowest BCUT2D eigenvalue weighted by atomic mass is 10.0. The van der Waals surface area contributed by atoms with Crippen LogP contribution in [0.4, 0.5) is 0 Å². The first kappa shape index (κ1) is 11.2. The van der Waals surface area contributed by atoms with Crippen LogP contribution in [0, 0.1) is 0 Å². The molecule has 0 aliphatic carbocycles. The van der Waals surface area contributed by atoms with E-state index in [1.54, 1.807) is 0 Å². The van der Waals surface area contributed by atoms with Crippen molar-refractivity contribution < 1.29 is 4.79 Å². The van der Waals surface area contributed by atoms with Gasteiger partial charge in [-0.25, -0.2) is 0 Å². The Hall–Kier alpha value is -1.29. The molecule has 1 N–H and O–H groups in total. The minimum atomic E-state index is -0.485. The topological polar surface area (TPSA) is 37.3 Å². The van der Waals surface area contributed by atoms with Gasteiger partial charge in [0.25, 0.3) is 0 Å². The summed E-state index contributed by atoms with van der Waals surface area (Å²) in [6, 6.07) is 3.90. The van der Waals surface area contributed by atoms with Crippen molar-refractivity contribution in [2.24, 2.45) is 0 Å². The molecule has 0 saturated carbocycles. The summed E-state index contributed by atoms with van der Waals surface area (Å²) in [6.45, 7) is 7.35. The van der Waals surface area contributed by atoms with Gasteiger partial charge in [-0.1, -0.05) is 0 Å². The Morgan fingerprint density at radius 3 is 2.31 bits per heavy atom. The first-order valence-electron chi connectivity index (χ1n) is 5.76. The first-order valence-corrected chi connectivity index (χ1v) is 5.76. The van der Waals surface area contributed by atoms with Gasteiger partial charge in [0, 0.05) is 38.6 Å². The SMILES string of the molecule is CC(C)(C(=O)N1CCNCC1)n1cccc1. The Labute approximate surface area is 96.2 Å². The zero-order valence-corrected chi connectivity index (χ0v) is 9.94. The van der Waals surface area contributed by atoms with Crippen LogP contribution < -0.4 is 5.32 Å². The first-order chi connectivity index (χ1) is 7.62. The van der Waals surface area contributed by atoms with E-state index in [-0.39, 0.29) is 5.91 Å². The number of hydrogen-bond acceptors (Lipinski definition) is 2. The highest BCUT2D eigenvalue weighted by molar-refractivity contribution is 5.83. The van der Waals surface area contributed by atoms with Crippen LogP contribution in [0.5, 0.6) is 0 Å². The number of hydrogen-bond donors (Lipinski definition) is 1. The number of amides is 1. The van der Waals surface area contributed by atoms with Crippen molar-refractivity contribution >= 4 is 5.91 Å². The molecule has 0 spiro atoms. The maximum Gasteiger partial charge on any atom is 0.248 e. The second-order valence-electron chi connectivity index (χ2n) is 4.69. The molecule has 1 aliphatic heterocycles. The van der Waals surface area contributed by atoms with Gasteiger partial charge in [-0.15, -0.1) is 0 Å². The van der Waals surface area contributed by atoms with Crippen molar-refractivity contribution in [1.82, 2.24) is 14.8 Å². The van der Waals surface area contributed by atoms with Gasteiger partial charge < -0.3 is 14.8 Å². The molecule has 1 aromatic heterocycles. The molecule has 1 amide bonds. The van der Waals surface area contributed by atoms with Crippen molar-refractivity contribution in [2.75, 3.05) is 26.2 Å². The van der Waals surface area contributed by atoms with Gasteiger partial charge in [0.1, 0.15) is 5.54 Å². The molecule has 0 unspecified atom stereocenters. The van der Waals surface area contributed by atoms with E-state index in [0.29, 0.717) is 0 Å². The van der Waals surface area contributed by atoms with Crippen LogP contribution >= 0.6 is 0 Å². The highest BCUT2D eigenvalue weighted by atomic mass is 16.2. The van der Waals surface area contributed by atoms with Crippen LogP contribution in [0.2, 0.25) is 0 Å². The second kappa shape index (κ2) is 4.29. The molecular formula is C12H19N3O. The van der Waals surface area contributed by atoms with Crippen LogP contribution in [0.3, 0.4) is 0 Å². The average molecular weight is 221 g/mol. The molecule has 2 rings (SSSR count). The van der Waals surface area contributed by atoms with E-state index in [2.05, 4.69) is 5.32 Å². The Kier molecular flexibility index (Phi) is 3.01. The number of aromatic nitrogens is 1. The molecule has 2 heterocycles. The maximum atomic E-state index is 12.4. The van der Waals surface area contributed by atoms with Gasteiger partial charge in [0.15, 0.2) is 0 Å². The normalized spacial score (nSPS) is 17.5. The summed E-state index contributed by atoms with van der Waals surface area (Å²) in [4.78, 5) is 14.3. The van der Waals surface area contributed by atoms with Gasteiger partial charge in [0.05, 0.1) is 0 Å². The fourth-order valence-corrected chi connectivity index (χ4v) is 2.07. The molecule has 4 heteroatoms. The highest BCUT2D eigenvalue weighted by Gasteiger charge is 2.33. The third kappa shape index (κ3) is 1.97. The monoisotopic (exact) mass is 221 g/mol. The Balaban J connectivity index is 2.13. The van der Waals surface area contributed by atoms with E-state index in [9.17, 15) is 4.79 Å². The van der Waals surface area contributed by atoms with Crippen molar-refractivity contribution in [3.8, 4) is 0 Å². The summed E-state index contributed by atoms with van der Waals surface area (Å²) in [5.74, 6) is 0.199. The predicted molar refractivity (Wildman–Crippen MR) is 63.2 cm³/mol. The zero-order valence-electron chi connectivity index (χ0n) is 9.94. The number of rotatable bonds is 2. The summed E-state index contributed by atoms with van der Waals surface area (Å²) >= 11 is 0. The molecule has 1 fully saturated rings. The summed E-state index contributed by atoms with van der Waals surface area (Å²) < 4.78 is 1.97. The van der Waals surface area contributed by atoms with E-state index < -0.39 is 5.54 Å². The smallest absolute Gasteiger partial charge is 0.248 e. The van der Waals surface area contributed by atoms with Gasteiger partial charge in [-0.2, -0.15) is 0 Å². The third-order valence-electron chi connectivity index (χ3n) is 3.18. The number of nitrogens with zero attached hydrogens (tertiary/aromatic N) is 2. The van der Waals surface area contributed by atoms with Crippen molar-refractivity contribution in [3.05, 3.63) is 24.5 Å². The van der Waals surface area contributed by atoms with Crippen molar-refractivity contribution in [2.45, 2.75) is 19.4 Å². The second-order valence-corrected chi connectivity index (χ2v) is 4.69. The molecule has 1 aromatic rings. The summed E-state index contributed by atoms with van der Waals surface area (Å²) in [5, 5.41) is 3.26. The lowest BCUT2D eigenvalue weighted by Gasteiger charge is -2.35. The Bertz CT molecular complexity index is 350. The number of piperazine rings is 1. The van der Waals surface area contributed by atoms with E-state index in [1.807, 2.05) is 47.8 Å². The van der Waals surface area contributed by atoms with E-state index >= 15 is 0 Å². The van der Waals surface area contributed by atoms with Crippen LogP contribution in [-0.4, -0.2) is 41.6 Å². The molecule has 4 nitrogen and oxygen atoms in total. The Morgan fingerprint density at radius 2 is 1.75 bits per heavy atom. The minimum Gasteiger partial charge on any atom is -0.340 e. The quantitative estimate of drug-likeness (QED) is 0.796. The number of carbonyl (C=O) groups is 1. The molecule has 0 radical (unpaired) electrons. The number of nitrogens with one attached hydrogen (secondary N) is 1. The van der Waals surface area contributed by atoms with E-state index in [4.69, 9.17) is 0 Å². The molecule has 88 valence electrons. The van der Waals surface area contributed by atoms with Crippen LogP contribution in [0.15, 0.2) is 24.5 Å². The third-order valence-corrected chi connectivity index (χ3v) is 3.18. The summed E-state index contributed by atoms with van der Waals surface area (Å²) in [6.07, 6.45) is 3.89. The lowest BCUT2D eigenvalue weighted by Crippen LogP contribution is -2.53. The predicted octanol–water partition coefficient (Wildman–Crippen LogP) is 0.655. The fraction of sp³-hybridized carbons (Fsp3) is 0.583. The average Bonchev–Trinajstić information content (AvgIpc) is 2.83. The molecule has 1 saturated heterocycles. The molecule has 0 aromatic carbocycles. The molecule has 1 aliphatic rings. The van der Waals surface area contributed by atoms with Crippen LogP contribution in [-0.2, 0) is 10.3 Å². The van der Waals surface area contributed by atoms with Crippen molar-refractivity contribution in [1.29, 1.82) is 0 Å². The van der Waals surface area contributed by atoms with E-state index in [0.717, 1.165) is 26.2 Å². The standard InChI is InChI=1S/C12H19N3O/c1-12(2,15-7-3-4-8-15)11(16)14-9-5-13-6-10-14/h3-4,7-8,13H,5-6,9-10H2,1-2H3. The largest absolute Gasteiger partial charge is 0.340 e. The number of carbonyl (C=O) groups excluding carboxylic acids is 1. The summed E-state index contributed by atoms with van der Waals surface area (Å²) in [5.41, 5.74) is -0.485.